The Morgan fingerprint density at radius 1 is 1.25 bits per heavy atom. The third kappa shape index (κ3) is 3.97. The van der Waals surface area contributed by atoms with Gasteiger partial charge in [0.15, 0.2) is 5.78 Å². The zero-order chi connectivity index (χ0) is 20.3. The molecule has 0 radical (unpaired) electrons. The van der Waals surface area contributed by atoms with E-state index in [0.29, 0.717) is 16.9 Å². The molecule has 2 aromatic carbocycles. The Labute approximate surface area is 163 Å². The van der Waals surface area contributed by atoms with E-state index in [-0.39, 0.29) is 11.7 Å². The minimum absolute atomic E-state index is 0.0887. The number of guanidine groups is 1. The predicted molar refractivity (Wildman–Crippen MR) is 106 cm³/mol. The molecule has 7 nitrogen and oxygen atoms in total. The summed E-state index contributed by atoms with van der Waals surface area (Å²) in [7, 11) is 0. The standard InChI is InChI=1S/C21H22N4O3/c1-13(26)14-9-10-17-16(11-14)18(19(27)21(2,3)28-17)25-20(23-12-22)24-15-7-5-4-6-8-15/h4-11,18-19,27H,1-3H3,(H2,23,24,25)/t18-,19+/m0/s1. The molecule has 2 atom stereocenters. The molecule has 0 amide bonds. The van der Waals surface area contributed by atoms with Gasteiger partial charge in [0, 0.05) is 16.8 Å². The fourth-order valence-electron chi connectivity index (χ4n) is 3.13. The van der Waals surface area contributed by atoms with E-state index >= 15 is 0 Å². The van der Waals surface area contributed by atoms with Crippen molar-refractivity contribution in [1.29, 1.82) is 5.26 Å². The molecule has 7 heteroatoms. The van der Waals surface area contributed by atoms with Crippen LogP contribution in [0, 0.1) is 11.5 Å². The number of Topliss-reactive ketones (excluding diaryl/α,β-unsaturated/α-hetero) is 1. The van der Waals surface area contributed by atoms with Gasteiger partial charge in [-0.2, -0.15) is 5.26 Å². The molecular formula is C21H22N4O3. The lowest BCUT2D eigenvalue weighted by atomic mass is 9.85. The number of aliphatic imine (C=N–C) groups is 1. The molecule has 0 aromatic heterocycles. The normalized spacial score (nSPS) is 20.3. The molecule has 0 saturated carbocycles. The van der Waals surface area contributed by atoms with Crippen LogP contribution >= 0.6 is 0 Å². The number of aliphatic hydroxyl groups is 1. The quantitative estimate of drug-likeness (QED) is 0.328. The van der Waals surface area contributed by atoms with Gasteiger partial charge >= 0.3 is 0 Å². The van der Waals surface area contributed by atoms with Crippen molar-refractivity contribution in [3.05, 3.63) is 59.7 Å². The molecule has 0 saturated heterocycles. The highest BCUT2D eigenvalue weighted by Crippen LogP contribution is 2.40. The van der Waals surface area contributed by atoms with E-state index < -0.39 is 17.7 Å². The lowest BCUT2D eigenvalue weighted by Gasteiger charge is -2.42. The third-order valence-corrected chi connectivity index (χ3v) is 4.64. The zero-order valence-corrected chi connectivity index (χ0v) is 15.9. The topological polar surface area (TPSA) is 107 Å². The molecule has 144 valence electrons. The van der Waals surface area contributed by atoms with E-state index in [0.717, 1.165) is 5.69 Å². The van der Waals surface area contributed by atoms with Gasteiger partial charge in [-0.3, -0.25) is 4.79 Å². The Morgan fingerprint density at radius 3 is 2.61 bits per heavy atom. The highest BCUT2D eigenvalue weighted by Gasteiger charge is 2.43. The Hall–Kier alpha value is -3.37. The summed E-state index contributed by atoms with van der Waals surface area (Å²) in [5.41, 5.74) is 0.991. The van der Waals surface area contributed by atoms with E-state index in [4.69, 9.17) is 10.00 Å². The summed E-state index contributed by atoms with van der Waals surface area (Å²) in [6, 6.07) is 13.7. The van der Waals surface area contributed by atoms with Crippen LogP contribution in [-0.4, -0.2) is 28.6 Å². The number of rotatable bonds is 3. The van der Waals surface area contributed by atoms with Crippen molar-refractivity contribution < 1.29 is 14.6 Å². The average molecular weight is 378 g/mol. The maximum absolute atomic E-state index is 11.8. The van der Waals surface area contributed by atoms with Gasteiger partial charge in [0.1, 0.15) is 17.5 Å². The number of anilines is 1. The molecular weight excluding hydrogens is 356 g/mol. The van der Waals surface area contributed by atoms with Crippen LogP contribution in [0.25, 0.3) is 0 Å². The van der Waals surface area contributed by atoms with Crippen LogP contribution in [0.5, 0.6) is 5.75 Å². The second-order valence-corrected chi connectivity index (χ2v) is 7.13. The summed E-state index contributed by atoms with van der Waals surface area (Å²) in [4.78, 5) is 15.6. The van der Waals surface area contributed by atoms with Crippen LogP contribution in [0.1, 0.15) is 42.7 Å². The number of benzene rings is 2. The Bertz CT molecular complexity index is 948. The van der Waals surface area contributed by atoms with Gasteiger partial charge in [-0.25, -0.2) is 0 Å². The summed E-state index contributed by atoms with van der Waals surface area (Å²) in [5.74, 6) is 0.664. The number of carbonyl (C=O) groups excluding carboxylic acids is 1. The zero-order valence-electron chi connectivity index (χ0n) is 15.9. The Kier molecular flexibility index (Phi) is 5.34. The number of hydrogen-bond acceptors (Lipinski definition) is 5. The fourth-order valence-corrected chi connectivity index (χ4v) is 3.13. The summed E-state index contributed by atoms with van der Waals surface area (Å²) >= 11 is 0. The van der Waals surface area contributed by atoms with Gasteiger partial charge in [0.2, 0.25) is 12.2 Å². The van der Waals surface area contributed by atoms with E-state index in [1.165, 1.54) is 6.92 Å². The van der Waals surface area contributed by atoms with Gasteiger partial charge in [-0.15, -0.1) is 4.99 Å². The number of aliphatic hydroxyl groups excluding tert-OH is 1. The maximum atomic E-state index is 11.8. The molecule has 1 aliphatic rings. The molecule has 3 rings (SSSR count). The highest BCUT2D eigenvalue weighted by atomic mass is 16.5. The van der Waals surface area contributed by atoms with Gasteiger partial charge in [-0.1, -0.05) is 18.2 Å². The maximum Gasteiger partial charge on any atom is 0.212 e. The number of fused-ring (bicyclic) bond motifs is 1. The van der Waals surface area contributed by atoms with Crippen LogP contribution in [0.2, 0.25) is 0 Å². The lowest BCUT2D eigenvalue weighted by molar-refractivity contribution is -0.0610. The molecule has 2 aromatic rings. The summed E-state index contributed by atoms with van der Waals surface area (Å²) in [5, 5.41) is 26.1. The molecule has 28 heavy (non-hydrogen) atoms. The summed E-state index contributed by atoms with van der Waals surface area (Å²) < 4.78 is 5.93. The van der Waals surface area contributed by atoms with E-state index in [2.05, 4.69) is 15.6 Å². The number of para-hydroxylation sites is 1. The van der Waals surface area contributed by atoms with Crippen molar-refractivity contribution in [2.45, 2.75) is 38.5 Å². The summed E-state index contributed by atoms with van der Waals surface area (Å²) in [6.45, 7) is 5.04. The van der Waals surface area contributed by atoms with Crippen LogP contribution in [-0.2, 0) is 0 Å². The molecule has 0 spiro atoms. The average Bonchev–Trinajstić information content (AvgIpc) is 2.65. The van der Waals surface area contributed by atoms with Crippen LogP contribution in [0.4, 0.5) is 5.69 Å². The predicted octanol–water partition coefficient (Wildman–Crippen LogP) is 3.00. The number of ketones is 1. The lowest BCUT2D eigenvalue weighted by Crippen LogP contribution is -2.54. The minimum Gasteiger partial charge on any atom is -0.485 e. The van der Waals surface area contributed by atoms with Crippen LogP contribution < -0.4 is 15.4 Å². The largest absolute Gasteiger partial charge is 0.485 e. The van der Waals surface area contributed by atoms with Crippen molar-refractivity contribution in [2.75, 3.05) is 5.32 Å². The van der Waals surface area contributed by atoms with Crippen molar-refractivity contribution in [3.8, 4) is 11.9 Å². The second kappa shape index (κ2) is 7.71. The van der Waals surface area contributed by atoms with Crippen molar-refractivity contribution in [1.82, 2.24) is 5.32 Å². The van der Waals surface area contributed by atoms with E-state index in [1.54, 1.807) is 38.2 Å². The molecule has 0 fully saturated rings. The molecule has 1 heterocycles. The molecule has 0 unspecified atom stereocenters. The van der Waals surface area contributed by atoms with Crippen molar-refractivity contribution in [2.24, 2.45) is 4.99 Å². The van der Waals surface area contributed by atoms with E-state index in [1.807, 2.05) is 30.3 Å². The van der Waals surface area contributed by atoms with Gasteiger partial charge < -0.3 is 20.5 Å². The number of hydrogen-bond donors (Lipinski definition) is 3. The number of nitrogens with zero attached hydrogens (tertiary/aromatic N) is 2. The fraction of sp³-hybridized carbons (Fsp3) is 0.286. The molecule has 1 aliphatic heterocycles. The second-order valence-electron chi connectivity index (χ2n) is 7.13. The number of carbonyl (C=O) groups is 1. The third-order valence-electron chi connectivity index (χ3n) is 4.64. The molecule has 0 aliphatic carbocycles. The molecule has 0 bridgehead atoms. The van der Waals surface area contributed by atoms with E-state index in [9.17, 15) is 9.90 Å². The van der Waals surface area contributed by atoms with Gasteiger partial charge in [0.05, 0.1) is 6.04 Å². The Morgan fingerprint density at radius 2 is 1.96 bits per heavy atom. The monoisotopic (exact) mass is 378 g/mol. The van der Waals surface area contributed by atoms with Crippen LogP contribution in [0.3, 0.4) is 0 Å². The SMILES string of the molecule is CC(=O)c1ccc2c(c1)[C@H](NC(=NC#N)Nc1ccccc1)[C@@H](O)C(C)(C)O2. The number of ether oxygens (including phenoxy) is 1. The minimum atomic E-state index is -0.955. The first kappa shape index (κ1) is 19.4. The van der Waals surface area contributed by atoms with Crippen molar-refractivity contribution in [3.63, 3.8) is 0 Å². The van der Waals surface area contributed by atoms with Gasteiger partial charge in [-0.05, 0) is 51.1 Å². The number of nitrogens with one attached hydrogen (secondary N) is 2. The van der Waals surface area contributed by atoms with Crippen LogP contribution in [0.15, 0.2) is 53.5 Å². The first-order valence-electron chi connectivity index (χ1n) is 8.89. The Balaban J connectivity index is 1.98. The number of nitriles is 1. The van der Waals surface area contributed by atoms with Gasteiger partial charge in [0.25, 0.3) is 0 Å². The van der Waals surface area contributed by atoms with Crippen molar-refractivity contribution >= 4 is 17.4 Å². The first-order chi connectivity index (χ1) is 13.3. The first-order valence-corrected chi connectivity index (χ1v) is 8.89. The summed E-state index contributed by atoms with van der Waals surface area (Å²) in [6.07, 6.45) is 0.808. The molecule has 3 N–H and O–H groups in total. The highest BCUT2D eigenvalue weighted by molar-refractivity contribution is 5.95. The smallest absolute Gasteiger partial charge is 0.212 e.